The molecule has 0 aliphatic rings. The Morgan fingerprint density at radius 1 is 1.47 bits per heavy atom. The lowest BCUT2D eigenvalue weighted by molar-refractivity contribution is 0.564. The molecular weight excluding hydrogens is 300 g/mol. The quantitative estimate of drug-likeness (QED) is 0.769. The van der Waals surface area contributed by atoms with Crippen LogP contribution in [0.4, 0.5) is 0 Å². The van der Waals surface area contributed by atoms with Gasteiger partial charge in [-0.2, -0.15) is 11.8 Å². The van der Waals surface area contributed by atoms with Crippen LogP contribution in [-0.4, -0.2) is 34.0 Å². The summed E-state index contributed by atoms with van der Waals surface area (Å²) in [6.45, 7) is 5.18. The van der Waals surface area contributed by atoms with Crippen LogP contribution in [0, 0.1) is 12.8 Å². The summed E-state index contributed by atoms with van der Waals surface area (Å²) in [5.41, 5.74) is 1.02. The van der Waals surface area contributed by atoms with Gasteiger partial charge in [-0.3, -0.25) is 0 Å². The van der Waals surface area contributed by atoms with Crippen LogP contribution in [0.3, 0.4) is 0 Å². The van der Waals surface area contributed by atoms with Crippen LogP contribution in [0.2, 0.25) is 0 Å². The molecule has 1 atom stereocenters. The van der Waals surface area contributed by atoms with E-state index < -0.39 is 10.0 Å². The van der Waals surface area contributed by atoms with Crippen molar-refractivity contribution in [2.24, 2.45) is 5.92 Å². The molecule has 1 rings (SSSR count). The Bertz CT molecular complexity index is 497. The fraction of sp³-hybridized carbons (Fsp3) is 0.667. The zero-order chi connectivity index (χ0) is 14.5. The van der Waals surface area contributed by atoms with E-state index in [1.165, 1.54) is 11.3 Å². The van der Waals surface area contributed by atoms with Crippen molar-refractivity contribution in [1.29, 1.82) is 0 Å². The molecule has 0 radical (unpaired) electrons. The summed E-state index contributed by atoms with van der Waals surface area (Å²) in [4.78, 5) is 1.07. The maximum atomic E-state index is 12.2. The molecule has 110 valence electrons. The van der Waals surface area contributed by atoms with Gasteiger partial charge in [0.15, 0.2) is 0 Å². The van der Waals surface area contributed by atoms with E-state index in [-0.39, 0.29) is 0 Å². The molecule has 1 aromatic rings. The summed E-state index contributed by atoms with van der Waals surface area (Å²) in [5, 5.41) is 3.05. The predicted molar refractivity (Wildman–Crippen MR) is 84.6 cm³/mol. The number of hydrogen-bond acceptors (Lipinski definition) is 5. The Labute approximate surface area is 124 Å². The Morgan fingerprint density at radius 2 is 2.16 bits per heavy atom. The monoisotopic (exact) mass is 322 g/mol. The first kappa shape index (κ1) is 17.0. The van der Waals surface area contributed by atoms with Gasteiger partial charge < -0.3 is 5.32 Å². The summed E-state index contributed by atoms with van der Waals surface area (Å²) in [6.07, 6.45) is 2.03. The van der Waals surface area contributed by atoms with Gasteiger partial charge in [-0.1, -0.05) is 6.92 Å². The number of aryl methyl sites for hydroxylation is 1. The SMILES string of the molecule is CNCc1sc(S(=O)(=O)NCC(C)CSC)cc1C. The normalized spacial score (nSPS) is 13.7. The van der Waals surface area contributed by atoms with E-state index in [2.05, 4.69) is 10.0 Å². The standard InChI is InChI=1S/C12H22N2O2S3/c1-9(8-17-4)6-14-19(15,16)12-5-10(2)11(18-12)7-13-3/h5,9,13-14H,6-8H2,1-4H3. The summed E-state index contributed by atoms with van der Waals surface area (Å²) in [7, 11) is -1.51. The molecule has 0 amide bonds. The smallest absolute Gasteiger partial charge is 0.250 e. The Hall–Kier alpha value is -0.0800. The molecule has 0 saturated heterocycles. The van der Waals surface area contributed by atoms with Gasteiger partial charge in [0.1, 0.15) is 4.21 Å². The second-order valence-electron chi connectivity index (χ2n) is 4.61. The predicted octanol–water partition coefficient (Wildman–Crippen LogP) is 2.05. The van der Waals surface area contributed by atoms with Crippen molar-refractivity contribution in [2.75, 3.05) is 25.6 Å². The number of thiophene rings is 1. The first-order valence-electron chi connectivity index (χ1n) is 6.13. The van der Waals surface area contributed by atoms with Gasteiger partial charge in [0.2, 0.25) is 10.0 Å². The molecule has 1 aromatic heterocycles. The largest absolute Gasteiger partial charge is 0.315 e. The molecule has 0 bridgehead atoms. The molecule has 0 saturated carbocycles. The van der Waals surface area contributed by atoms with Crippen LogP contribution < -0.4 is 10.0 Å². The molecule has 0 aromatic carbocycles. The second-order valence-corrected chi connectivity index (χ2v) is 8.66. The minimum absolute atomic E-state index is 0.336. The highest BCUT2D eigenvalue weighted by Crippen LogP contribution is 2.25. The van der Waals surface area contributed by atoms with Gasteiger partial charge >= 0.3 is 0 Å². The summed E-state index contributed by atoms with van der Waals surface area (Å²) in [5.74, 6) is 1.29. The fourth-order valence-corrected chi connectivity index (χ4v) is 5.12. The van der Waals surface area contributed by atoms with Crippen molar-refractivity contribution in [3.8, 4) is 0 Å². The highest BCUT2D eigenvalue weighted by Gasteiger charge is 2.19. The maximum absolute atomic E-state index is 12.2. The van der Waals surface area contributed by atoms with E-state index >= 15 is 0 Å². The highest BCUT2D eigenvalue weighted by atomic mass is 32.2. The number of thioether (sulfide) groups is 1. The Morgan fingerprint density at radius 3 is 2.74 bits per heavy atom. The van der Waals surface area contributed by atoms with Crippen molar-refractivity contribution >= 4 is 33.1 Å². The second kappa shape index (κ2) is 7.64. The van der Waals surface area contributed by atoms with E-state index in [4.69, 9.17) is 0 Å². The minimum atomic E-state index is -3.36. The molecule has 0 aliphatic carbocycles. The molecule has 2 N–H and O–H groups in total. The summed E-state index contributed by atoms with van der Waals surface area (Å²) < 4.78 is 27.5. The fourth-order valence-electron chi connectivity index (χ4n) is 1.62. The van der Waals surface area contributed by atoms with Crippen molar-refractivity contribution in [3.63, 3.8) is 0 Å². The van der Waals surface area contributed by atoms with Gasteiger partial charge in [0.05, 0.1) is 0 Å². The molecule has 0 fully saturated rings. The molecule has 1 heterocycles. The van der Waals surface area contributed by atoms with E-state index in [1.807, 2.05) is 27.2 Å². The Kier molecular flexibility index (Phi) is 6.82. The van der Waals surface area contributed by atoms with E-state index in [0.29, 0.717) is 23.2 Å². The molecule has 0 aliphatic heterocycles. The summed E-state index contributed by atoms with van der Waals surface area (Å²) >= 11 is 3.07. The van der Waals surface area contributed by atoms with Gasteiger partial charge in [0, 0.05) is 18.0 Å². The van der Waals surface area contributed by atoms with Crippen molar-refractivity contribution in [1.82, 2.24) is 10.0 Å². The van der Waals surface area contributed by atoms with Crippen molar-refractivity contribution in [2.45, 2.75) is 24.6 Å². The zero-order valence-corrected chi connectivity index (χ0v) is 14.3. The molecule has 7 heteroatoms. The highest BCUT2D eigenvalue weighted by molar-refractivity contribution is 7.98. The van der Waals surface area contributed by atoms with Gasteiger partial charge in [-0.05, 0) is 43.5 Å². The topological polar surface area (TPSA) is 58.2 Å². The number of nitrogens with one attached hydrogen (secondary N) is 2. The van der Waals surface area contributed by atoms with Crippen molar-refractivity contribution < 1.29 is 8.42 Å². The first-order valence-corrected chi connectivity index (χ1v) is 9.82. The van der Waals surface area contributed by atoms with Crippen molar-refractivity contribution in [3.05, 3.63) is 16.5 Å². The number of hydrogen-bond donors (Lipinski definition) is 2. The third-order valence-corrected chi connectivity index (χ3v) is 6.71. The lowest BCUT2D eigenvalue weighted by Crippen LogP contribution is -2.28. The van der Waals surface area contributed by atoms with Crippen LogP contribution in [0.1, 0.15) is 17.4 Å². The average molecular weight is 323 g/mol. The maximum Gasteiger partial charge on any atom is 0.250 e. The zero-order valence-electron chi connectivity index (χ0n) is 11.8. The Balaban J connectivity index is 2.74. The van der Waals surface area contributed by atoms with Gasteiger partial charge in [-0.25, -0.2) is 13.1 Å². The van der Waals surface area contributed by atoms with E-state index in [1.54, 1.807) is 17.8 Å². The van der Waals surface area contributed by atoms with Crippen LogP contribution in [0.25, 0.3) is 0 Å². The van der Waals surface area contributed by atoms with Crippen LogP contribution in [0.5, 0.6) is 0 Å². The molecule has 0 spiro atoms. The number of sulfonamides is 1. The van der Waals surface area contributed by atoms with E-state index in [9.17, 15) is 8.42 Å². The van der Waals surface area contributed by atoms with Gasteiger partial charge in [0.25, 0.3) is 0 Å². The summed E-state index contributed by atoms with van der Waals surface area (Å²) in [6, 6.07) is 1.75. The van der Waals surface area contributed by atoms with Crippen LogP contribution >= 0.6 is 23.1 Å². The van der Waals surface area contributed by atoms with E-state index in [0.717, 1.165) is 16.2 Å². The molecule has 1 unspecified atom stereocenters. The molecule has 19 heavy (non-hydrogen) atoms. The molecule has 4 nitrogen and oxygen atoms in total. The van der Waals surface area contributed by atoms with Crippen LogP contribution in [-0.2, 0) is 16.6 Å². The lowest BCUT2D eigenvalue weighted by atomic mass is 10.2. The third kappa shape index (κ3) is 5.07. The number of rotatable bonds is 8. The van der Waals surface area contributed by atoms with Gasteiger partial charge in [-0.15, -0.1) is 11.3 Å². The van der Waals surface area contributed by atoms with Crippen LogP contribution in [0.15, 0.2) is 10.3 Å². The minimum Gasteiger partial charge on any atom is -0.315 e. The molecular formula is C12H22N2O2S3. The average Bonchev–Trinajstić information content (AvgIpc) is 2.71. The first-order chi connectivity index (χ1) is 8.90. The lowest BCUT2D eigenvalue weighted by Gasteiger charge is -2.10. The third-order valence-electron chi connectivity index (χ3n) is 2.67.